The molecule has 0 aromatic heterocycles. The second-order valence-corrected chi connectivity index (χ2v) is 5.06. The highest BCUT2D eigenvalue weighted by Crippen LogP contribution is 2.28. The summed E-state index contributed by atoms with van der Waals surface area (Å²) in [5.41, 5.74) is 5.92. The molecular formula is C12H21F3N2O2. The number of hydrogen-bond donors (Lipinski definition) is 2. The molecular weight excluding hydrogens is 261 g/mol. The van der Waals surface area contributed by atoms with E-state index in [1.165, 1.54) is 0 Å². The molecule has 1 aliphatic rings. The van der Waals surface area contributed by atoms with Crippen LogP contribution in [0.15, 0.2) is 0 Å². The quantitative estimate of drug-likeness (QED) is 0.750. The van der Waals surface area contributed by atoms with Crippen molar-refractivity contribution in [3.05, 3.63) is 0 Å². The average molecular weight is 282 g/mol. The second kappa shape index (κ2) is 7.09. The van der Waals surface area contributed by atoms with E-state index in [1.807, 2.05) is 6.92 Å². The number of hydrogen-bond acceptors (Lipinski definition) is 3. The first-order valence-electron chi connectivity index (χ1n) is 6.49. The SMILES string of the molecule is CC1CCCC(N)C1C(=O)NCCOCC(F)(F)F. The third-order valence-electron chi connectivity index (χ3n) is 3.39. The van der Waals surface area contributed by atoms with Gasteiger partial charge in [0.2, 0.25) is 5.91 Å². The molecule has 0 saturated heterocycles. The molecule has 7 heteroatoms. The summed E-state index contributed by atoms with van der Waals surface area (Å²) in [5, 5.41) is 2.59. The molecule has 0 aliphatic heterocycles. The second-order valence-electron chi connectivity index (χ2n) is 5.06. The van der Waals surface area contributed by atoms with Gasteiger partial charge in [-0.25, -0.2) is 0 Å². The van der Waals surface area contributed by atoms with Crippen LogP contribution in [-0.4, -0.2) is 37.9 Å². The molecule has 0 bridgehead atoms. The third kappa shape index (κ3) is 5.78. The van der Waals surface area contributed by atoms with Gasteiger partial charge in [0.25, 0.3) is 0 Å². The van der Waals surface area contributed by atoms with Crippen molar-refractivity contribution in [3.63, 3.8) is 0 Å². The highest BCUT2D eigenvalue weighted by molar-refractivity contribution is 5.79. The normalized spacial score (nSPS) is 28.2. The summed E-state index contributed by atoms with van der Waals surface area (Å²) in [5.74, 6) is -0.230. The highest BCUT2D eigenvalue weighted by Gasteiger charge is 2.33. The van der Waals surface area contributed by atoms with Gasteiger partial charge < -0.3 is 15.8 Å². The van der Waals surface area contributed by atoms with Gasteiger partial charge in [-0.2, -0.15) is 13.2 Å². The summed E-state index contributed by atoms with van der Waals surface area (Å²) < 4.78 is 39.8. The van der Waals surface area contributed by atoms with Crippen LogP contribution in [0.2, 0.25) is 0 Å². The first-order chi connectivity index (χ1) is 8.81. The Morgan fingerprint density at radius 2 is 2.11 bits per heavy atom. The van der Waals surface area contributed by atoms with E-state index in [4.69, 9.17) is 5.73 Å². The molecule has 3 atom stereocenters. The number of carbonyl (C=O) groups excluding carboxylic acids is 1. The van der Waals surface area contributed by atoms with Crippen LogP contribution in [-0.2, 0) is 9.53 Å². The Kier molecular flexibility index (Phi) is 6.06. The fraction of sp³-hybridized carbons (Fsp3) is 0.917. The minimum atomic E-state index is -4.33. The van der Waals surface area contributed by atoms with Gasteiger partial charge in [-0.1, -0.05) is 13.3 Å². The summed E-state index contributed by atoms with van der Waals surface area (Å²) in [6.45, 7) is 0.609. The Hall–Kier alpha value is -0.820. The minimum absolute atomic E-state index is 0.0743. The summed E-state index contributed by atoms with van der Waals surface area (Å²) in [6, 6.07) is -0.167. The van der Waals surface area contributed by atoms with Crippen LogP contribution in [0.1, 0.15) is 26.2 Å². The van der Waals surface area contributed by atoms with Crippen LogP contribution in [0.3, 0.4) is 0 Å². The lowest BCUT2D eigenvalue weighted by Crippen LogP contribution is -2.47. The predicted molar refractivity (Wildman–Crippen MR) is 64.4 cm³/mol. The Balaban J connectivity index is 2.23. The lowest BCUT2D eigenvalue weighted by atomic mass is 9.76. The van der Waals surface area contributed by atoms with Crippen molar-refractivity contribution in [1.82, 2.24) is 5.32 Å². The molecule has 1 rings (SSSR count). The monoisotopic (exact) mass is 282 g/mol. The van der Waals surface area contributed by atoms with Crippen molar-refractivity contribution in [1.29, 1.82) is 0 Å². The zero-order chi connectivity index (χ0) is 14.5. The van der Waals surface area contributed by atoms with Crippen LogP contribution in [0, 0.1) is 11.8 Å². The van der Waals surface area contributed by atoms with Gasteiger partial charge in [-0.3, -0.25) is 4.79 Å². The molecule has 0 heterocycles. The molecule has 0 spiro atoms. The Labute approximate surface area is 110 Å². The number of amides is 1. The number of halogens is 3. The number of nitrogens with one attached hydrogen (secondary N) is 1. The summed E-state index contributed by atoms with van der Waals surface area (Å²) in [6.07, 6.45) is -1.55. The van der Waals surface area contributed by atoms with Gasteiger partial charge in [0.15, 0.2) is 0 Å². The van der Waals surface area contributed by atoms with Crippen LogP contribution >= 0.6 is 0 Å². The molecule has 1 saturated carbocycles. The van der Waals surface area contributed by atoms with E-state index in [0.717, 1.165) is 19.3 Å². The van der Waals surface area contributed by atoms with Crippen molar-refractivity contribution < 1.29 is 22.7 Å². The van der Waals surface area contributed by atoms with E-state index in [0.29, 0.717) is 0 Å². The summed E-state index contributed by atoms with van der Waals surface area (Å²) in [7, 11) is 0. The van der Waals surface area contributed by atoms with E-state index in [9.17, 15) is 18.0 Å². The van der Waals surface area contributed by atoms with Crippen molar-refractivity contribution in [3.8, 4) is 0 Å². The molecule has 112 valence electrons. The average Bonchev–Trinajstić information content (AvgIpc) is 2.26. The van der Waals surface area contributed by atoms with Crippen LogP contribution in [0.25, 0.3) is 0 Å². The molecule has 1 aliphatic carbocycles. The number of carbonyl (C=O) groups is 1. The number of nitrogens with two attached hydrogens (primary N) is 1. The fourth-order valence-electron chi connectivity index (χ4n) is 2.46. The van der Waals surface area contributed by atoms with Crippen molar-refractivity contribution >= 4 is 5.91 Å². The molecule has 4 nitrogen and oxygen atoms in total. The lowest BCUT2D eigenvalue weighted by Gasteiger charge is -2.33. The molecule has 19 heavy (non-hydrogen) atoms. The Morgan fingerprint density at radius 1 is 1.42 bits per heavy atom. The van der Waals surface area contributed by atoms with Gasteiger partial charge >= 0.3 is 6.18 Å². The number of rotatable bonds is 5. The summed E-state index contributed by atoms with van der Waals surface area (Å²) in [4.78, 5) is 11.9. The van der Waals surface area contributed by atoms with Gasteiger partial charge in [0, 0.05) is 12.6 Å². The van der Waals surface area contributed by atoms with Crippen molar-refractivity contribution in [2.75, 3.05) is 19.8 Å². The van der Waals surface area contributed by atoms with Crippen LogP contribution in [0.5, 0.6) is 0 Å². The molecule has 1 amide bonds. The largest absolute Gasteiger partial charge is 0.411 e. The van der Waals surface area contributed by atoms with Gasteiger partial charge in [0.05, 0.1) is 12.5 Å². The maximum atomic E-state index is 11.9. The fourth-order valence-corrected chi connectivity index (χ4v) is 2.46. The maximum Gasteiger partial charge on any atom is 0.411 e. The van der Waals surface area contributed by atoms with Gasteiger partial charge in [0.1, 0.15) is 6.61 Å². The van der Waals surface area contributed by atoms with Crippen molar-refractivity contribution in [2.45, 2.75) is 38.4 Å². The van der Waals surface area contributed by atoms with Crippen molar-refractivity contribution in [2.24, 2.45) is 17.6 Å². The number of alkyl halides is 3. The molecule has 0 radical (unpaired) electrons. The minimum Gasteiger partial charge on any atom is -0.370 e. The van der Waals surface area contributed by atoms with Gasteiger partial charge in [-0.15, -0.1) is 0 Å². The zero-order valence-electron chi connectivity index (χ0n) is 11.0. The van der Waals surface area contributed by atoms with E-state index in [2.05, 4.69) is 10.1 Å². The van der Waals surface area contributed by atoms with Crippen LogP contribution < -0.4 is 11.1 Å². The Morgan fingerprint density at radius 3 is 2.68 bits per heavy atom. The van der Waals surface area contributed by atoms with Gasteiger partial charge in [-0.05, 0) is 18.8 Å². The standard InChI is InChI=1S/C12H21F3N2O2/c1-8-3-2-4-9(16)10(8)11(18)17-5-6-19-7-12(13,14)15/h8-10H,2-7,16H2,1H3,(H,17,18). The van der Waals surface area contributed by atoms with E-state index in [1.54, 1.807) is 0 Å². The lowest BCUT2D eigenvalue weighted by molar-refractivity contribution is -0.173. The predicted octanol–water partition coefficient (Wildman–Crippen LogP) is 1.45. The maximum absolute atomic E-state index is 11.9. The molecule has 0 aromatic carbocycles. The Bertz CT molecular complexity index is 287. The molecule has 0 aromatic rings. The zero-order valence-corrected chi connectivity index (χ0v) is 11.0. The molecule has 3 N–H and O–H groups in total. The third-order valence-corrected chi connectivity index (χ3v) is 3.39. The molecule has 1 fully saturated rings. The number of ether oxygens (including phenoxy) is 1. The van der Waals surface area contributed by atoms with E-state index >= 15 is 0 Å². The first kappa shape index (κ1) is 16.2. The van der Waals surface area contributed by atoms with Crippen LogP contribution in [0.4, 0.5) is 13.2 Å². The topological polar surface area (TPSA) is 64.4 Å². The molecule has 3 unspecified atom stereocenters. The summed E-state index contributed by atoms with van der Waals surface area (Å²) >= 11 is 0. The van der Waals surface area contributed by atoms with E-state index < -0.39 is 12.8 Å². The first-order valence-corrected chi connectivity index (χ1v) is 6.49. The van der Waals surface area contributed by atoms with E-state index in [-0.39, 0.29) is 36.9 Å². The highest BCUT2D eigenvalue weighted by atomic mass is 19.4. The smallest absolute Gasteiger partial charge is 0.370 e.